The molecule has 0 saturated carbocycles. The van der Waals surface area contributed by atoms with Crippen LogP contribution < -0.4 is 10.5 Å². The first-order valence-corrected chi connectivity index (χ1v) is 7.80. The average Bonchev–Trinajstić information content (AvgIpc) is 2.85. The van der Waals surface area contributed by atoms with Gasteiger partial charge in [0.2, 0.25) is 5.95 Å². The predicted octanol–water partition coefficient (Wildman–Crippen LogP) is 1.25. The molecule has 7 nitrogen and oxygen atoms in total. The van der Waals surface area contributed by atoms with Gasteiger partial charge in [0, 0.05) is 19.1 Å². The van der Waals surface area contributed by atoms with Crippen molar-refractivity contribution >= 4 is 11.5 Å². The molecule has 0 bridgehead atoms. The predicted molar refractivity (Wildman–Crippen MR) is 84.6 cm³/mol. The Bertz CT molecular complexity index is 727. The second-order valence-corrected chi connectivity index (χ2v) is 6.19. The summed E-state index contributed by atoms with van der Waals surface area (Å²) in [5, 5.41) is 4.48. The highest BCUT2D eigenvalue weighted by molar-refractivity contribution is 5.56. The highest BCUT2D eigenvalue weighted by Crippen LogP contribution is 2.19. The number of aryl methyl sites for hydroxylation is 1. The molecule has 2 aromatic heterocycles. The van der Waals surface area contributed by atoms with Crippen LogP contribution in [0.5, 0.6) is 0 Å². The molecule has 0 aromatic carbocycles. The zero-order valence-electron chi connectivity index (χ0n) is 13.6. The van der Waals surface area contributed by atoms with E-state index < -0.39 is 0 Å². The van der Waals surface area contributed by atoms with Gasteiger partial charge < -0.3 is 9.64 Å². The number of rotatable bonds is 3. The molecule has 2 aromatic rings. The first kappa shape index (κ1) is 15.0. The molecule has 7 heteroatoms. The minimum absolute atomic E-state index is 0.0271. The number of nitrogens with zero attached hydrogens (tertiary/aromatic N) is 5. The standard InChI is InChI=1S/C15H23N5O2/c1-10(2)12(4)19-9-16-20-13(14(19)21)11(3)17-15(20)18-5-7-22-8-6-18/h9-10,12H,5-8H2,1-4H3. The number of hydrogen-bond acceptors (Lipinski definition) is 5. The van der Waals surface area contributed by atoms with Gasteiger partial charge in [-0.3, -0.25) is 9.36 Å². The van der Waals surface area contributed by atoms with Crippen molar-refractivity contribution in [2.45, 2.75) is 33.7 Å². The Hall–Kier alpha value is -1.89. The Morgan fingerprint density at radius 1 is 1.23 bits per heavy atom. The number of hydrogen-bond donors (Lipinski definition) is 0. The molecule has 0 aliphatic carbocycles. The van der Waals surface area contributed by atoms with E-state index in [1.54, 1.807) is 15.4 Å². The molecule has 0 amide bonds. The molecular formula is C15H23N5O2. The molecule has 0 spiro atoms. The van der Waals surface area contributed by atoms with Crippen molar-refractivity contribution in [3.63, 3.8) is 0 Å². The highest BCUT2D eigenvalue weighted by atomic mass is 16.5. The minimum atomic E-state index is -0.0271. The minimum Gasteiger partial charge on any atom is -0.378 e. The van der Waals surface area contributed by atoms with Gasteiger partial charge in [-0.1, -0.05) is 13.8 Å². The van der Waals surface area contributed by atoms with E-state index in [0.29, 0.717) is 24.6 Å². The summed E-state index contributed by atoms with van der Waals surface area (Å²) in [6.45, 7) is 11.0. The number of imidazole rings is 1. The lowest BCUT2D eigenvalue weighted by Gasteiger charge is -2.26. The van der Waals surface area contributed by atoms with Crippen molar-refractivity contribution in [2.75, 3.05) is 31.2 Å². The first-order chi connectivity index (χ1) is 10.5. The lowest BCUT2D eigenvalue weighted by atomic mass is 10.1. The van der Waals surface area contributed by atoms with Crippen LogP contribution in [-0.2, 0) is 4.74 Å². The van der Waals surface area contributed by atoms with Crippen LogP contribution in [-0.4, -0.2) is 45.5 Å². The molecule has 120 valence electrons. The molecule has 1 saturated heterocycles. The van der Waals surface area contributed by atoms with Crippen LogP contribution in [0.25, 0.3) is 5.52 Å². The maximum atomic E-state index is 12.8. The molecule has 22 heavy (non-hydrogen) atoms. The van der Waals surface area contributed by atoms with Crippen molar-refractivity contribution in [3.8, 4) is 0 Å². The molecule has 0 N–H and O–H groups in total. The van der Waals surface area contributed by atoms with E-state index in [-0.39, 0.29) is 11.6 Å². The van der Waals surface area contributed by atoms with Crippen molar-refractivity contribution in [3.05, 3.63) is 22.4 Å². The van der Waals surface area contributed by atoms with Crippen LogP contribution in [0.2, 0.25) is 0 Å². The lowest BCUT2D eigenvalue weighted by molar-refractivity contribution is 0.122. The van der Waals surface area contributed by atoms with Crippen molar-refractivity contribution in [2.24, 2.45) is 5.92 Å². The van der Waals surface area contributed by atoms with E-state index in [1.807, 2.05) is 13.8 Å². The highest BCUT2D eigenvalue weighted by Gasteiger charge is 2.22. The van der Waals surface area contributed by atoms with Crippen LogP contribution in [0.1, 0.15) is 32.5 Å². The Labute approximate surface area is 129 Å². The topological polar surface area (TPSA) is 64.7 Å². The van der Waals surface area contributed by atoms with Gasteiger partial charge in [-0.2, -0.15) is 9.61 Å². The van der Waals surface area contributed by atoms with Crippen molar-refractivity contribution in [1.29, 1.82) is 0 Å². The Kier molecular flexibility index (Phi) is 3.90. The third kappa shape index (κ3) is 2.39. The van der Waals surface area contributed by atoms with Gasteiger partial charge >= 0.3 is 0 Å². The van der Waals surface area contributed by atoms with Gasteiger partial charge in [0.05, 0.1) is 18.9 Å². The van der Waals surface area contributed by atoms with E-state index in [4.69, 9.17) is 4.74 Å². The third-order valence-electron chi connectivity index (χ3n) is 4.44. The van der Waals surface area contributed by atoms with Gasteiger partial charge in [-0.25, -0.2) is 4.98 Å². The number of ether oxygens (including phenoxy) is 1. The van der Waals surface area contributed by atoms with Crippen molar-refractivity contribution in [1.82, 2.24) is 19.2 Å². The van der Waals surface area contributed by atoms with E-state index in [0.717, 1.165) is 24.7 Å². The maximum Gasteiger partial charge on any atom is 0.279 e. The zero-order chi connectivity index (χ0) is 15.9. The Balaban J connectivity index is 2.12. The fourth-order valence-electron chi connectivity index (χ4n) is 2.72. The quantitative estimate of drug-likeness (QED) is 0.854. The number of fused-ring (bicyclic) bond motifs is 1. The molecule has 0 radical (unpaired) electrons. The summed E-state index contributed by atoms with van der Waals surface area (Å²) >= 11 is 0. The summed E-state index contributed by atoms with van der Waals surface area (Å²) in [6, 6.07) is 0.103. The second kappa shape index (κ2) is 5.72. The molecule has 1 unspecified atom stereocenters. The average molecular weight is 305 g/mol. The molecule has 1 atom stereocenters. The van der Waals surface area contributed by atoms with Gasteiger partial charge in [0.25, 0.3) is 5.56 Å². The van der Waals surface area contributed by atoms with Gasteiger partial charge in [-0.05, 0) is 19.8 Å². The smallest absolute Gasteiger partial charge is 0.279 e. The third-order valence-corrected chi connectivity index (χ3v) is 4.44. The molecule has 3 heterocycles. The second-order valence-electron chi connectivity index (χ2n) is 6.19. The number of morpholine rings is 1. The van der Waals surface area contributed by atoms with E-state index in [9.17, 15) is 4.79 Å². The molecule has 1 fully saturated rings. The number of aromatic nitrogens is 4. The SMILES string of the molecule is Cc1nc(N2CCOCC2)n2ncn(C(C)C(C)C)c(=O)c12. The first-order valence-electron chi connectivity index (χ1n) is 7.80. The molecule has 3 rings (SSSR count). The van der Waals surface area contributed by atoms with Crippen LogP contribution in [0.15, 0.2) is 11.1 Å². The van der Waals surface area contributed by atoms with E-state index >= 15 is 0 Å². The zero-order valence-corrected chi connectivity index (χ0v) is 13.6. The summed E-state index contributed by atoms with van der Waals surface area (Å²) in [6.07, 6.45) is 1.63. The van der Waals surface area contributed by atoms with Gasteiger partial charge in [0.15, 0.2) is 5.52 Å². The summed E-state index contributed by atoms with van der Waals surface area (Å²) in [5.41, 5.74) is 1.27. The van der Waals surface area contributed by atoms with Gasteiger partial charge in [0.1, 0.15) is 6.33 Å². The monoisotopic (exact) mass is 305 g/mol. The van der Waals surface area contributed by atoms with E-state index in [2.05, 4.69) is 28.8 Å². The lowest BCUT2D eigenvalue weighted by Crippen LogP contribution is -2.38. The molecule has 1 aliphatic heterocycles. The van der Waals surface area contributed by atoms with Crippen LogP contribution in [0, 0.1) is 12.8 Å². The van der Waals surface area contributed by atoms with Crippen molar-refractivity contribution < 1.29 is 4.74 Å². The fraction of sp³-hybridized carbons (Fsp3) is 0.667. The van der Waals surface area contributed by atoms with Crippen LogP contribution in [0.3, 0.4) is 0 Å². The Morgan fingerprint density at radius 2 is 1.91 bits per heavy atom. The summed E-state index contributed by atoms with van der Waals surface area (Å²) in [7, 11) is 0. The maximum absolute atomic E-state index is 12.8. The van der Waals surface area contributed by atoms with Crippen LogP contribution >= 0.6 is 0 Å². The summed E-state index contributed by atoms with van der Waals surface area (Å²) < 4.78 is 8.76. The summed E-state index contributed by atoms with van der Waals surface area (Å²) in [4.78, 5) is 19.5. The Morgan fingerprint density at radius 3 is 2.55 bits per heavy atom. The normalized spacial score (nSPS) is 17.4. The summed E-state index contributed by atoms with van der Waals surface area (Å²) in [5.74, 6) is 1.10. The molecule has 1 aliphatic rings. The number of anilines is 1. The fourth-order valence-corrected chi connectivity index (χ4v) is 2.72. The van der Waals surface area contributed by atoms with Crippen LogP contribution in [0.4, 0.5) is 5.95 Å². The van der Waals surface area contributed by atoms with E-state index in [1.165, 1.54) is 0 Å². The molecular weight excluding hydrogens is 282 g/mol. The van der Waals surface area contributed by atoms with Gasteiger partial charge in [-0.15, -0.1) is 0 Å². The largest absolute Gasteiger partial charge is 0.378 e.